The third-order valence-electron chi connectivity index (χ3n) is 6.27. The third-order valence-corrected chi connectivity index (χ3v) is 7.55. The van der Waals surface area contributed by atoms with Crippen molar-refractivity contribution in [1.29, 1.82) is 0 Å². The smallest absolute Gasteiger partial charge is 0.104 e. The van der Waals surface area contributed by atoms with Gasteiger partial charge in [-0.2, -0.15) is 0 Å². The first-order valence-electron chi connectivity index (χ1n) is 10.6. The number of rotatable bonds is 9. The van der Waals surface area contributed by atoms with E-state index in [1.807, 2.05) is 6.26 Å². The van der Waals surface area contributed by atoms with Crippen LogP contribution in [0.3, 0.4) is 0 Å². The molecule has 0 amide bonds. The van der Waals surface area contributed by atoms with Gasteiger partial charge in [-0.25, -0.2) is 0 Å². The molecule has 0 spiro atoms. The molecule has 0 saturated carbocycles. The van der Waals surface area contributed by atoms with E-state index in [0.717, 1.165) is 36.7 Å². The Morgan fingerprint density at radius 2 is 1.97 bits per heavy atom. The van der Waals surface area contributed by atoms with Crippen LogP contribution < -0.4 is 0 Å². The number of allylic oxidation sites excluding steroid dienone is 2. The van der Waals surface area contributed by atoms with Crippen LogP contribution in [0, 0.1) is 11.8 Å². The first kappa shape index (κ1) is 21.4. The first-order chi connectivity index (χ1) is 14.5. The minimum atomic E-state index is -0.0773. The van der Waals surface area contributed by atoms with Crippen molar-refractivity contribution >= 4 is 22.9 Å². The fourth-order valence-electron chi connectivity index (χ4n) is 4.23. The van der Waals surface area contributed by atoms with E-state index in [1.165, 1.54) is 16.0 Å². The lowest BCUT2D eigenvalue weighted by Gasteiger charge is -2.23. The summed E-state index contributed by atoms with van der Waals surface area (Å²) < 4.78 is 11.9. The lowest BCUT2D eigenvalue weighted by molar-refractivity contribution is 0.0772. The molecule has 0 unspecified atom stereocenters. The molecular formula is C26H29ClO2S. The Kier molecular flexibility index (Phi) is 6.82. The van der Waals surface area contributed by atoms with Crippen LogP contribution in [0.2, 0.25) is 0 Å². The van der Waals surface area contributed by atoms with E-state index in [-0.39, 0.29) is 5.41 Å². The van der Waals surface area contributed by atoms with E-state index in [9.17, 15) is 0 Å². The lowest BCUT2D eigenvalue weighted by Crippen LogP contribution is -2.18. The van der Waals surface area contributed by atoms with Crippen molar-refractivity contribution in [1.82, 2.24) is 0 Å². The number of thiophene rings is 1. The maximum Gasteiger partial charge on any atom is 0.104 e. The van der Waals surface area contributed by atoms with E-state index >= 15 is 0 Å². The maximum atomic E-state index is 6.55. The molecule has 2 atom stereocenters. The molecule has 4 rings (SSSR count). The second-order valence-corrected chi connectivity index (χ2v) is 10.1. The van der Waals surface area contributed by atoms with Crippen LogP contribution in [0.1, 0.15) is 48.5 Å². The summed E-state index contributed by atoms with van der Waals surface area (Å²) in [7, 11) is 0. The number of hydrogen-bond acceptors (Lipinski definition) is 3. The molecule has 0 bridgehead atoms. The highest BCUT2D eigenvalue weighted by molar-refractivity contribution is 7.09. The summed E-state index contributed by atoms with van der Waals surface area (Å²) in [6, 6.07) is 17.0. The molecule has 0 fully saturated rings. The predicted molar refractivity (Wildman–Crippen MR) is 125 cm³/mol. The van der Waals surface area contributed by atoms with Gasteiger partial charge < -0.3 is 9.15 Å². The van der Waals surface area contributed by atoms with Gasteiger partial charge in [0.05, 0.1) is 19.5 Å². The van der Waals surface area contributed by atoms with Crippen LogP contribution in [0.5, 0.6) is 0 Å². The first-order valence-corrected chi connectivity index (χ1v) is 11.9. The van der Waals surface area contributed by atoms with Crippen molar-refractivity contribution in [3.05, 3.63) is 93.0 Å². The third kappa shape index (κ3) is 4.91. The molecule has 2 nitrogen and oxygen atoms in total. The Labute approximate surface area is 188 Å². The van der Waals surface area contributed by atoms with Crippen molar-refractivity contribution in [2.24, 2.45) is 11.8 Å². The molecule has 2 aromatic heterocycles. The average Bonchev–Trinajstić information content (AvgIpc) is 3.50. The number of benzene rings is 1. The molecule has 3 aromatic rings. The van der Waals surface area contributed by atoms with Crippen molar-refractivity contribution in [2.75, 3.05) is 6.61 Å². The topological polar surface area (TPSA) is 22.4 Å². The van der Waals surface area contributed by atoms with Gasteiger partial charge in [0, 0.05) is 33.2 Å². The summed E-state index contributed by atoms with van der Waals surface area (Å²) >= 11 is 8.29. The number of aryl methyl sites for hydroxylation is 1. The summed E-state index contributed by atoms with van der Waals surface area (Å²) in [5, 5.41) is 3.07. The Hall–Kier alpha value is -1.81. The van der Waals surface area contributed by atoms with E-state index in [4.69, 9.17) is 20.8 Å². The lowest BCUT2D eigenvalue weighted by atomic mass is 9.79. The van der Waals surface area contributed by atoms with Crippen LogP contribution in [0.15, 0.2) is 75.7 Å². The van der Waals surface area contributed by atoms with Crippen molar-refractivity contribution in [3.63, 3.8) is 0 Å². The van der Waals surface area contributed by atoms with E-state index < -0.39 is 0 Å². The van der Waals surface area contributed by atoms with Crippen LogP contribution in [-0.4, -0.2) is 6.61 Å². The van der Waals surface area contributed by atoms with Gasteiger partial charge in [0.2, 0.25) is 0 Å². The molecule has 1 aliphatic rings. The SMILES string of the molecule is CC(C)(c1ccccc1)c1coc(CC[C@H]2C(Cl)=CC[C@@H]2COCc2cccs2)c1. The van der Waals surface area contributed by atoms with Crippen LogP contribution >= 0.6 is 22.9 Å². The summed E-state index contributed by atoms with van der Waals surface area (Å²) in [6.45, 7) is 5.93. The van der Waals surface area contributed by atoms with Crippen LogP contribution in [0.25, 0.3) is 0 Å². The summed E-state index contributed by atoms with van der Waals surface area (Å²) in [4.78, 5) is 1.27. The monoisotopic (exact) mass is 440 g/mol. The zero-order valence-corrected chi connectivity index (χ0v) is 19.2. The Morgan fingerprint density at radius 3 is 2.73 bits per heavy atom. The zero-order chi connectivity index (χ0) is 21.0. The van der Waals surface area contributed by atoms with E-state index in [2.05, 4.69) is 73.8 Å². The van der Waals surface area contributed by atoms with Gasteiger partial charge in [-0.15, -0.1) is 11.3 Å². The molecule has 2 heterocycles. The van der Waals surface area contributed by atoms with Crippen molar-refractivity contribution < 1.29 is 9.15 Å². The normalized spacial score (nSPS) is 19.2. The fraction of sp³-hybridized carbons (Fsp3) is 0.385. The van der Waals surface area contributed by atoms with Gasteiger partial charge in [-0.05, 0) is 41.8 Å². The fourth-order valence-corrected chi connectivity index (χ4v) is 5.24. The van der Waals surface area contributed by atoms with Gasteiger partial charge in [0.1, 0.15) is 5.76 Å². The largest absolute Gasteiger partial charge is 0.469 e. The Bertz CT molecular complexity index is 956. The van der Waals surface area contributed by atoms with Crippen molar-refractivity contribution in [2.45, 2.75) is 45.1 Å². The molecule has 0 aliphatic heterocycles. The minimum Gasteiger partial charge on any atom is -0.469 e. The van der Waals surface area contributed by atoms with Gasteiger partial charge in [0.25, 0.3) is 0 Å². The Balaban J connectivity index is 1.33. The average molecular weight is 441 g/mol. The highest BCUT2D eigenvalue weighted by Crippen LogP contribution is 2.39. The highest BCUT2D eigenvalue weighted by Gasteiger charge is 2.30. The van der Waals surface area contributed by atoms with Crippen LogP contribution in [-0.2, 0) is 23.2 Å². The van der Waals surface area contributed by atoms with Crippen molar-refractivity contribution in [3.8, 4) is 0 Å². The molecular weight excluding hydrogens is 412 g/mol. The number of hydrogen-bond donors (Lipinski definition) is 0. The molecule has 1 aromatic carbocycles. The van der Waals surface area contributed by atoms with Crippen LogP contribution in [0.4, 0.5) is 0 Å². The molecule has 0 N–H and O–H groups in total. The van der Waals surface area contributed by atoms with E-state index in [0.29, 0.717) is 18.4 Å². The summed E-state index contributed by atoms with van der Waals surface area (Å²) in [5.74, 6) is 1.84. The number of furan rings is 1. The second kappa shape index (κ2) is 9.55. The second-order valence-electron chi connectivity index (χ2n) is 8.62. The minimum absolute atomic E-state index is 0.0773. The molecule has 0 radical (unpaired) electrons. The predicted octanol–water partition coefficient (Wildman–Crippen LogP) is 7.58. The highest BCUT2D eigenvalue weighted by atomic mass is 35.5. The van der Waals surface area contributed by atoms with Gasteiger partial charge in [-0.3, -0.25) is 0 Å². The number of halogens is 1. The van der Waals surface area contributed by atoms with Gasteiger partial charge in [-0.1, -0.05) is 67.9 Å². The van der Waals surface area contributed by atoms with Gasteiger partial charge >= 0.3 is 0 Å². The summed E-state index contributed by atoms with van der Waals surface area (Å²) in [6.07, 6.45) is 6.95. The zero-order valence-electron chi connectivity index (χ0n) is 17.6. The standard InChI is InChI=1S/C26H29ClO2S/c1-26(2,20-7-4-3-5-8-20)21-15-22(29-17-21)11-12-24-19(10-13-25(24)27)16-28-18-23-9-6-14-30-23/h3-9,13-15,17,19,24H,10-12,16,18H2,1-2H3/t19-,24-/m1/s1. The summed E-state index contributed by atoms with van der Waals surface area (Å²) in [5.41, 5.74) is 2.43. The quantitative estimate of drug-likeness (QED) is 0.342. The van der Waals surface area contributed by atoms with E-state index in [1.54, 1.807) is 11.3 Å². The number of ether oxygens (including phenoxy) is 1. The maximum absolute atomic E-state index is 6.55. The molecule has 0 saturated heterocycles. The molecule has 1 aliphatic carbocycles. The molecule has 158 valence electrons. The molecule has 30 heavy (non-hydrogen) atoms. The molecule has 4 heteroatoms. The van der Waals surface area contributed by atoms with Gasteiger partial charge in [0.15, 0.2) is 0 Å². The Morgan fingerprint density at radius 1 is 1.13 bits per heavy atom.